The Kier molecular flexibility index (Phi) is 10.4. The van der Waals surface area contributed by atoms with Crippen molar-refractivity contribution in [1.29, 1.82) is 5.26 Å². The van der Waals surface area contributed by atoms with Gasteiger partial charge in [0, 0.05) is 37.4 Å². The normalized spacial score (nSPS) is 20.9. The number of ether oxygens (including phenoxy) is 2. The molecule has 2 saturated heterocycles. The van der Waals surface area contributed by atoms with Gasteiger partial charge in [-0.3, -0.25) is 14.6 Å². The van der Waals surface area contributed by atoms with Crippen molar-refractivity contribution in [2.75, 3.05) is 29.4 Å². The van der Waals surface area contributed by atoms with Crippen LogP contribution in [-0.4, -0.2) is 80.9 Å². The lowest BCUT2D eigenvalue weighted by Crippen LogP contribution is -2.60. The molecular formula is C34H43F3N6O4S. The highest BCUT2D eigenvalue weighted by atomic mass is 32.1. The summed E-state index contributed by atoms with van der Waals surface area (Å²) in [7, 11) is 0. The van der Waals surface area contributed by atoms with E-state index in [9.17, 15) is 22.8 Å². The Bertz CT molecular complexity index is 1610. The quantitative estimate of drug-likeness (QED) is 0.300. The standard InChI is InChI=1S/C34H43F3N6O4S/c1-10-23-13-24(43-30(48)42(29(44)33(43,8)9)25-14-26(34(35,36)37)27(15-38)39-16-25)11-12-28(23)46-22(4)19-40-17-20(2)41(21(3)18-40)31(45)47-32(5,6)7/h11-14,16,20-22H,10,17-19H2,1-9H3/t20-,21+,22?. The van der Waals surface area contributed by atoms with Crippen molar-refractivity contribution in [3.05, 3.63) is 47.3 Å². The first-order chi connectivity index (χ1) is 22.2. The van der Waals surface area contributed by atoms with Gasteiger partial charge in [0.15, 0.2) is 10.8 Å². The molecule has 1 aromatic heterocycles. The number of nitriles is 1. The van der Waals surface area contributed by atoms with Gasteiger partial charge < -0.3 is 19.3 Å². The van der Waals surface area contributed by atoms with Crippen LogP contribution in [0, 0.1) is 11.3 Å². The second kappa shape index (κ2) is 13.5. The number of amides is 2. The molecule has 48 heavy (non-hydrogen) atoms. The van der Waals surface area contributed by atoms with Gasteiger partial charge in [-0.25, -0.2) is 9.78 Å². The molecule has 260 valence electrons. The Morgan fingerprint density at radius 2 is 1.77 bits per heavy atom. The number of anilines is 2. The molecule has 10 nitrogen and oxygen atoms in total. The van der Waals surface area contributed by atoms with E-state index in [0.717, 1.165) is 22.7 Å². The summed E-state index contributed by atoms with van der Waals surface area (Å²) in [5, 5.41) is 9.14. The van der Waals surface area contributed by atoms with E-state index in [1.807, 2.05) is 60.6 Å². The molecule has 3 atom stereocenters. The highest BCUT2D eigenvalue weighted by Gasteiger charge is 2.51. The number of halogens is 3. The van der Waals surface area contributed by atoms with Gasteiger partial charge in [-0.2, -0.15) is 18.4 Å². The van der Waals surface area contributed by atoms with Crippen LogP contribution < -0.4 is 14.5 Å². The monoisotopic (exact) mass is 688 g/mol. The van der Waals surface area contributed by atoms with E-state index < -0.39 is 34.5 Å². The van der Waals surface area contributed by atoms with Crippen LogP contribution in [-0.2, 0) is 22.1 Å². The number of rotatable bonds is 7. The van der Waals surface area contributed by atoms with Crippen LogP contribution in [0.15, 0.2) is 30.5 Å². The van der Waals surface area contributed by atoms with Gasteiger partial charge in [-0.05, 0) is 104 Å². The van der Waals surface area contributed by atoms with Crippen molar-refractivity contribution in [2.24, 2.45) is 0 Å². The summed E-state index contributed by atoms with van der Waals surface area (Å²) in [4.78, 5) is 36.8. The molecule has 0 radical (unpaired) electrons. The van der Waals surface area contributed by atoms with Crippen LogP contribution in [0.5, 0.6) is 5.75 Å². The van der Waals surface area contributed by atoms with Crippen molar-refractivity contribution < 1.29 is 32.2 Å². The van der Waals surface area contributed by atoms with E-state index in [1.54, 1.807) is 29.7 Å². The van der Waals surface area contributed by atoms with Gasteiger partial charge in [0.05, 0.1) is 17.4 Å². The highest BCUT2D eigenvalue weighted by Crippen LogP contribution is 2.40. The lowest BCUT2D eigenvalue weighted by molar-refractivity contribution is -0.138. The van der Waals surface area contributed by atoms with Gasteiger partial charge in [0.2, 0.25) is 0 Å². The van der Waals surface area contributed by atoms with Crippen LogP contribution in [0.1, 0.15) is 79.1 Å². The van der Waals surface area contributed by atoms with Crippen molar-refractivity contribution in [3.8, 4) is 11.8 Å². The number of alkyl halides is 3. The van der Waals surface area contributed by atoms with Gasteiger partial charge >= 0.3 is 12.3 Å². The van der Waals surface area contributed by atoms with Gasteiger partial charge in [-0.1, -0.05) is 6.92 Å². The van der Waals surface area contributed by atoms with Crippen LogP contribution in [0.25, 0.3) is 0 Å². The zero-order valence-corrected chi connectivity index (χ0v) is 29.6. The number of piperazine rings is 1. The van der Waals surface area contributed by atoms with Crippen LogP contribution in [0.2, 0.25) is 0 Å². The lowest BCUT2D eigenvalue weighted by Gasteiger charge is -2.45. The third-order valence-corrected chi connectivity index (χ3v) is 8.70. The summed E-state index contributed by atoms with van der Waals surface area (Å²) in [6.45, 7) is 18.8. The molecule has 0 bridgehead atoms. The first kappa shape index (κ1) is 36.9. The smallest absolute Gasteiger partial charge is 0.419 e. The summed E-state index contributed by atoms with van der Waals surface area (Å²) in [5.74, 6) is 0.133. The van der Waals surface area contributed by atoms with Crippen LogP contribution in [0.3, 0.4) is 0 Å². The molecular weight excluding hydrogens is 645 g/mol. The Labute approximate surface area is 285 Å². The second-order valence-corrected chi connectivity index (χ2v) is 14.3. The predicted molar refractivity (Wildman–Crippen MR) is 180 cm³/mol. The third-order valence-electron chi connectivity index (χ3n) is 8.34. The zero-order valence-electron chi connectivity index (χ0n) is 28.8. The van der Waals surface area contributed by atoms with Gasteiger partial charge in [-0.15, -0.1) is 0 Å². The molecule has 3 heterocycles. The summed E-state index contributed by atoms with van der Waals surface area (Å²) in [5.41, 5.74) is -2.57. The maximum absolute atomic E-state index is 13.7. The average Bonchev–Trinajstić information content (AvgIpc) is 3.13. The maximum atomic E-state index is 13.7. The number of hydrogen-bond acceptors (Lipinski definition) is 8. The van der Waals surface area contributed by atoms with Crippen molar-refractivity contribution in [1.82, 2.24) is 14.8 Å². The van der Waals surface area contributed by atoms with Crippen LogP contribution >= 0.6 is 12.2 Å². The molecule has 2 aromatic rings. The molecule has 0 spiro atoms. The van der Waals surface area contributed by atoms with Crippen molar-refractivity contribution in [3.63, 3.8) is 0 Å². The largest absolute Gasteiger partial charge is 0.489 e. The second-order valence-electron chi connectivity index (χ2n) is 13.9. The van der Waals surface area contributed by atoms with E-state index >= 15 is 0 Å². The topological polar surface area (TPSA) is 102 Å². The SMILES string of the molecule is CCc1cc(N2C(=S)N(c3cnc(C#N)c(C(F)(F)F)c3)C(=O)C2(C)C)ccc1OC(C)CN1C[C@@H](C)N(C(=O)OC(C)(C)C)[C@@H](C)C1. The number of nitrogens with zero attached hydrogens (tertiary/aromatic N) is 6. The molecule has 14 heteroatoms. The number of carbonyl (C=O) groups excluding carboxylic acids is 2. The summed E-state index contributed by atoms with van der Waals surface area (Å²) in [6, 6.07) is 7.54. The number of hydrogen-bond donors (Lipinski definition) is 0. The molecule has 2 aliphatic rings. The Morgan fingerprint density at radius 1 is 1.15 bits per heavy atom. The van der Waals surface area contributed by atoms with E-state index in [0.29, 0.717) is 37.5 Å². The van der Waals surface area contributed by atoms with E-state index in [1.165, 1.54) is 6.07 Å². The van der Waals surface area contributed by atoms with Crippen LogP contribution in [0.4, 0.5) is 29.3 Å². The Balaban J connectivity index is 1.51. The van der Waals surface area contributed by atoms with E-state index in [-0.39, 0.29) is 35.1 Å². The number of aryl methyl sites for hydroxylation is 1. The average molecular weight is 689 g/mol. The van der Waals surface area contributed by atoms with Crippen molar-refractivity contribution >= 4 is 40.7 Å². The minimum atomic E-state index is -4.85. The lowest BCUT2D eigenvalue weighted by atomic mass is 10.0. The molecule has 2 aliphatic heterocycles. The highest BCUT2D eigenvalue weighted by molar-refractivity contribution is 7.81. The Morgan fingerprint density at radius 3 is 2.31 bits per heavy atom. The summed E-state index contributed by atoms with van der Waals surface area (Å²) >= 11 is 5.68. The fourth-order valence-corrected chi connectivity index (χ4v) is 6.83. The number of thiocarbonyl (C=S) groups is 1. The molecule has 0 saturated carbocycles. The first-order valence-corrected chi connectivity index (χ1v) is 16.3. The molecule has 1 aromatic carbocycles. The molecule has 1 unspecified atom stereocenters. The fourth-order valence-electron chi connectivity index (χ4n) is 6.31. The predicted octanol–water partition coefficient (Wildman–Crippen LogP) is 6.55. The molecule has 4 rings (SSSR count). The minimum absolute atomic E-state index is 0.0116. The summed E-state index contributed by atoms with van der Waals surface area (Å²) < 4.78 is 53.1. The molecule has 0 N–H and O–H groups in total. The summed E-state index contributed by atoms with van der Waals surface area (Å²) in [6.07, 6.45) is -3.70. The van der Waals surface area contributed by atoms with Gasteiger partial charge in [0.25, 0.3) is 5.91 Å². The fraction of sp³-hybridized carbons (Fsp3) is 0.559. The van der Waals surface area contributed by atoms with E-state index in [4.69, 9.17) is 27.0 Å². The number of pyridine rings is 1. The molecule has 2 fully saturated rings. The van der Waals surface area contributed by atoms with Crippen molar-refractivity contribution in [2.45, 2.75) is 104 Å². The van der Waals surface area contributed by atoms with Gasteiger partial charge in [0.1, 0.15) is 29.1 Å². The number of aromatic nitrogens is 1. The number of carbonyl (C=O) groups is 2. The number of benzene rings is 1. The molecule has 0 aliphatic carbocycles. The zero-order chi connectivity index (χ0) is 35.9. The third kappa shape index (κ3) is 7.52. The maximum Gasteiger partial charge on any atom is 0.419 e. The van der Waals surface area contributed by atoms with E-state index in [2.05, 4.69) is 9.88 Å². The first-order valence-electron chi connectivity index (χ1n) is 15.9. The Hall–Kier alpha value is -3.96. The molecule has 2 amide bonds. The minimum Gasteiger partial charge on any atom is -0.489 e.